The van der Waals surface area contributed by atoms with Crippen LogP contribution in [0.1, 0.15) is 51.5 Å². The fourth-order valence-electron chi connectivity index (χ4n) is 3.49. The van der Waals surface area contributed by atoms with Crippen LogP contribution in [0.3, 0.4) is 0 Å². The van der Waals surface area contributed by atoms with Gasteiger partial charge in [0.2, 0.25) is 5.91 Å². The van der Waals surface area contributed by atoms with Crippen LogP contribution >= 0.6 is 0 Å². The van der Waals surface area contributed by atoms with Crippen LogP contribution in [0.2, 0.25) is 0 Å². The molecule has 1 saturated carbocycles. The van der Waals surface area contributed by atoms with Gasteiger partial charge in [0.25, 0.3) is 5.69 Å². The molecule has 1 aliphatic carbocycles. The summed E-state index contributed by atoms with van der Waals surface area (Å²) < 4.78 is 5.76. The second-order valence-electron chi connectivity index (χ2n) is 8.76. The fraction of sp³-hybridized carbons (Fsp3) is 0.667. The van der Waals surface area contributed by atoms with Crippen molar-refractivity contribution in [3.05, 3.63) is 27.8 Å². The van der Waals surface area contributed by atoms with E-state index in [1.165, 1.54) is 18.9 Å². The number of ether oxygens (including phenoxy) is 1. The summed E-state index contributed by atoms with van der Waals surface area (Å²) >= 11 is 0. The number of nitro benzene ring substituents is 1. The molecule has 0 aromatic heterocycles. The van der Waals surface area contributed by atoms with Crippen LogP contribution < -0.4 is 15.8 Å². The SMILES string of the molecule is CC1(C)Oc2cc([N+](=O)[O-])c(NCCN3CCCCC3=O)cc2CC1O.NC1CC1. The summed E-state index contributed by atoms with van der Waals surface area (Å²) in [5, 5.41) is 24.7. The monoisotopic (exact) mass is 420 g/mol. The summed E-state index contributed by atoms with van der Waals surface area (Å²) in [6.07, 6.45) is 4.71. The van der Waals surface area contributed by atoms with Crippen molar-refractivity contribution in [3.8, 4) is 5.75 Å². The number of amides is 1. The summed E-state index contributed by atoms with van der Waals surface area (Å²) in [5.41, 5.74) is 5.48. The van der Waals surface area contributed by atoms with E-state index in [4.69, 9.17) is 10.5 Å². The lowest BCUT2D eigenvalue weighted by molar-refractivity contribution is -0.384. The quantitative estimate of drug-likeness (QED) is 0.491. The van der Waals surface area contributed by atoms with Gasteiger partial charge in [-0.15, -0.1) is 0 Å². The lowest BCUT2D eigenvalue weighted by Crippen LogP contribution is -2.46. The molecule has 4 N–H and O–H groups in total. The number of nitro groups is 1. The van der Waals surface area contributed by atoms with Gasteiger partial charge in [-0.2, -0.15) is 0 Å². The molecule has 3 aliphatic rings. The molecule has 0 spiro atoms. The Balaban J connectivity index is 0.000000572. The molecule has 1 aromatic rings. The Morgan fingerprint density at radius 2 is 2.07 bits per heavy atom. The Hall–Kier alpha value is -2.39. The number of likely N-dealkylation sites (tertiary alicyclic amines) is 1. The highest BCUT2D eigenvalue weighted by Gasteiger charge is 2.37. The number of fused-ring (bicyclic) bond motifs is 1. The summed E-state index contributed by atoms with van der Waals surface area (Å²) in [6, 6.07) is 3.67. The molecule has 1 amide bonds. The number of nitrogens with zero attached hydrogens (tertiary/aromatic N) is 2. The third-order valence-electron chi connectivity index (χ3n) is 5.70. The van der Waals surface area contributed by atoms with Crippen molar-refractivity contribution >= 4 is 17.3 Å². The predicted octanol–water partition coefficient (Wildman–Crippen LogP) is 2.20. The van der Waals surface area contributed by atoms with Gasteiger partial charge in [0.05, 0.1) is 17.1 Å². The maximum Gasteiger partial charge on any atom is 0.296 e. The number of piperidine rings is 1. The van der Waals surface area contributed by atoms with E-state index < -0.39 is 16.6 Å². The molecule has 1 atom stereocenters. The number of carbonyl (C=O) groups excluding carboxylic acids is 1. The van der Waals surface area contributed by atoms with Gasteiger partial charge in [-0.25, -0.2) is 0 Å². The van der Waals surface area contributed by atoms with Crippen LogP contribution in [0.5, 0.6) is 5.75 Å². The third-order valence-corrected chi connectivity index (χ3v) is 5.70. The molecule has 4 rings (SSSR count). The van der Waals surface area contributed by atoms with E-state index >= 15 is 0 Å². The van der Waals surface area contributed by atoms with Crippen molar-refractivity contribution in [2.45, 2.75) is 70.1 Å². The molecule has 166 valence electrons. The van der Waals surface area contributed by atoms with Crippen LogP contribution in [0.4, 0.5) is 11.4 Å². The number of hydrogen-bond donors (Lipinski definition) is 3. The molecule has 30 heavy (non-hydrogen) atoms. The van der Waals surface area contributed by atoms with Gasteiger partial charge >= 0.3 is 0 Å². The van der Waals surface area contributed by atoms with E-state index in [1.54, 1.807) is 24.8 Å². The largest absolute Gasteiger partial charge is 0.485 e. The lowest BCUT2D eigenvalue weighted by atomic mass is 9.90. The van der Waals surface area contributed by atoms with Gasteiger partial charge in [0.1, 0.15) is 17.0 Å². The highest BCUT2D eigenvalue weighted by atomic mass is 16.6. The van der Waals surface area contributed by atoms with E-state index in [0.29, 0.717) is 43.4 Å². The van der Waals surface area contributed by atoms with Gasteiger partial charge < -0.3 is 25.8 Å². The Labute approximate surface area is 176 Å². The standard InChI is InChI=1S/C18H25N3O5.C3H7N/c1-18(2)16(22)10-12-9-13(14(21(24)25)11-15(12)26-18)19-6-8-20-7-4-3-5-17(20)23;4-3-1-2-3/h9,11,16,19,22H,3-8,10H2,1-2H3;3H,1-2,4H2. The van der Waals surface area contributed by atoms with Crippen LogP contribution in [-0.4, -0.2) is 58.2 Å². The molecular weight excluding hydrogens is 388 g/mol. The lowest BCUT2D eigenvalue weighted by Gasteiger charge is -2.37. The molecule has 9 heteroatoms. The number of rotatable bonds is 5. The van der Waals surface area contributed by atoms with E-state index in [-0.39, 0.29) is 11.6 Å². The molecule has 0 radical (unpaired) electrons. The number of nitrogens with one attached hydrogen (secondary N) is 1. The topological polar surface area (TPSA) is 131 Å². The van der Waals surface area contributed by atoms with Gasteiger partial charge in [-0.3, -0.25) is 14.9 Å². The maximum atomic E-state index is 11.8. The molecule has 2 fully saturated rings. The molecule has 2 aliphatic heterocycles. The molecule has 1 unspecified atom stereocenters. The van der Waals surface area contributed by atoms with Crippen molar-refractivity contribution < 1.29 is 19.6 Å². The number of hydrogen-bond acceptors (Lipinski definition) is 7. The zero-order valence-electron chi connectivity index (χ0n) is 17.7. The zero-order valence-corrected chi connectivity index (χ0v) is 17.7. The number of benzene rings is 1. The molecule has 2 heterocycles. The van der Waals surface area contributed by atoms with E-state index in [2.05, 4.69) is 5.32 Å². The first kappa shape index (κ1) is 22.3. The second kappa shape index (κ2) is 9.18. The van der Waals surface area contributed by atoms with Gasteiger partial charge in [0, 0.05) is 38.5 Å². The summed E-state index contributed by atoms with van der Waals surface area (Å²) in [6.45, 7) is 5.20. The number of aliphatic hydroxyl groups is 1. The van der Waals surface area contributed by atoms with Crippen LogP contribution in [-0.2, 0) is 11.2 Å². The first-order valence-corrected chi connectivity index (χ1v) is 10.6. The predicted molar refractivity (Wildman–Crippen MR) is 114 cm³/mol. The van der Waals surface area contributed by atoms with Crippen LogP contribution in [0.15, 0.2) is 12.1 Å². The van der Waals surface area contributed by atoms with Gasteiger partial charge in [0.15, 0.2) is 0 Å². The molecule has 1 aromatic carbocycles. The fourth-order valence-corrected chi connectivity index (χ4v) is 3.49. The summed E-state index contributed by atoms with van der Waals surface area (Å²) in [5.74, 6) is 0.570. The normalized spacial score (nSPS) is 22.3. The van der Waals surface area contributed by atoms with Crippen molar-refractivity contribution in [3.63, 3.8) is 0 Å². The Bertz CT molecular complexity index is 794. The van der Waals surface area contributed by atoms with Crippen molar-refractivity contribution in [1.29, 1.82) is 0 Å². The van der Waals surface area contributed by atoms with E-state index in [9.17, 15) is 20.0 Å². The second-order valence-corrected chi connectivity index (χ2v) is 8.76. The van der Waals surface area contributed by atoms with Crippen molar-refractivity contribution in [2.75, 3.05) is 25.0 Å². The Kier molecular flexibility index (Phi) is 6.82. The minimum absolute atomic E-state index is 0.0686. The van der Waals surface area contributed by atoms with Crippen LogP contribution in [0, 0.1) is 10.1 Å². The van der Waals surface area contributed by atoms with Gasteiger partial charge in [-0.1, -0.05) is 0 Å². The first-order valence-electron chi connectivity index (χ1n) is 10.6. The summed E-state index contributed by atoms with van der Waals surface area (Å²) in [4.78, 5) is 24.6. The highest BCUT2D eigenvalue weighted by molar-refractivity contribution is 5.77. The zero-order chi connectivity index (χ0) is 21.9. The van der Waals surface area contributed by atoms with Crippen molar-refractivity contribution in [1.82, 2.24) is 4.90 Å². The smallest absolute Gasteiger partial charge is 0.296 e. The molecule has 9 nitrogen and oxygen atoms in total. The molecule has 0 bridgehead atoms. The first-order chi connectivity index (χ1) is 14.2. The minimum Gasteiger partial charge on any atom is -0.485 e. The van der Waals surface area contributed by atoms with Crippen LogP contribution in [0.25, 0.3) is 0 Å². The van der Waals surface area contributed by atoms with E-state index in [1.807, 2.05) is 0 Å². The Morgan fingerprint density at radius 1 is 1.37 bits per heavy atom. The number of anilines is 1. The highest BCUT2D eigenvalue weighted by Crippen LogP contribution is 2.39. The average Bonchev–Trinajstić information content (AvgIpc) is 3.46. The van der Waals surface area contributed by atoms with E-state index in [0.717, 1.165) is 24.9 Å². The number of nitrogens with two attached hydrogens (primary N) is 1. The molecule has 1 saturated heterocycles. The van der Waals surface area contributed by atoms with Gasteiger partial charge in [-0.05, 0) is 51.2 Å². The third kappa shape index (κ3) is 5.60. The molecular formula is C21H32N4O5. The average molecular weight is 421 g/mol. The van der Waals surface area contributed by atoms with Crippen molar-refractivity contribution in [2.24, 2.45) is 5.73 Å². The minimum atomic E-state index is -0.787. The Morgan fingerprint density at radius 3 is 2.67 bits per heavy atom. The maximum absolute atomic E-state index is 11.8. The number of carbonyl (C=O) groups is 1. The number of aliphatic hydroxyl groups excluding tert-OH is 1. The summed E-state index contributed by atoms with van der Waals surface area (Å²) in [7, 11) is 0.